The molecule has 28 heavy (non-hydrogen) atoms. The minimum atomic E-state index is -0.861. The zero-order chi connectivity index (χ0) is 19.8. The van der Waals surface area contributed by atoms with E-state index in [-0.39, 0.29) is 35.1 Å². The first-order valence-electron chi connectivity index (χ1n) is 8.40. The van der Waals surface area contributed by atoms with Gasteiger partial charge in [-0.25, -0.2) is 4.79 Å². The van der Waals surface area contributed by atoms with E-state index in [1.54, 1.807) is 36.4 Å². The number of halogens is 1. The van der Waals surface area contributed by atoms with Crippen molar-refractivity contribution >= 4 is 28.5 Å². The van der Waals surface area contributed by atoms with Crippen molar-refractivity contribution in [3.63, 3.8) is 0 Å². The third kappa shape index (κ3) is 3.03. The SMILES string of the molecule is COC(=O)C[C@H](c1cc(Cl)c2c(c1)OCO2)c1c(O)c2ccccc2oc1=O. The molecule has 2 heterocycles. The van der Waals surface area contributed by atoms with Crippen molar-refractivity contribution in [3.05, 3.63) is 63.0 Å². The standard InChI is InChI=1S/C20H15ClO7/c1-25-16(22)8-12(10-6-13(21)19-15(7-10)26-9-27-19)17-18(23)11-4-2-3-5-14(11)28-20(17)24/h2-7,12,23H,8-9H2,1H3/t12-/m1/s1. The Morgan fingerprint density at radius 1 is 1.29 bits per heavy atom. The Bertz CT molecular complexity index is 1140. The predicted octanol–water partition coefficient (Wildman–Crippen LogP) is 3.58. The van der Waals surface area contributed by atoms with Crippen LogP contribution >= 0.6 is 11.6 Å². The van der Waals surface area contributed by atoms with Crippen molar-refractivity contribution in [2.24, 2.45) is 0 Å². The summed E-state index contributed by atoms with van der Waals surface area (Å²) in [5, 5.41) is 11.4. The highest BCUT2D eigenvalue weighted by atomic mass is 35.5. The lowest BCUT2D eigenvalue weighted by molar-refractivity contribution is -0.140. The Hall–Kier alpha value is -3.19. The molecule has 144 valence electrons. The van der Waals surface area contributed by atoms with Crippen molar-refractivity contribution in [1.29, 1.82) is 0 Å². The lowest BCUT2D eigenvalue weighted by Crippen LogP contribution is -2.18. The third-order valence-electron chi connectivity index (χ3n) is 4.62. The zero-order valence-corrected chi connectivity index (χ0v) is 15.5. The van der Waals surface area contributed by atoms with Crippen molar-refractivity contribution in [2.75, 3.05) is 13.9 Å². The molecular formula is C20H15ClO7. The first-order valence-corrected chi connectivity index (χ1v) is 8.78. The van der Waals surface area contributed by atoms with Crippen LogP contribution in [-0.4, -0.2) is 25.0 Å². The van der Waals surface area contributed by atoms with Gasteiger partial charge in [0.05, 0.1) is 29.5 Å². The molecule has 0 bridgehead atoms. The smallest absolute Gasteiger partial charge is 0.343 e. The number of hydrogen-bond donors (Lipinski definition) is 1. The molecule has 0 spiro atoms. The van der Waals surface area contributed by atoms with Gasteiger partial charge < -0.3 is 23.7 Å². The highest BCUT2D eigenvalue weighted by Crippen LogP contribution is 2.44. The van der Waals surface area contributed by atoms with Gasteiger partial charge in [0.2, 0.25) is 6.79 Å². The number of aromatic hydroxyl groups is 1. The molecule has 0 aliphatic carbocycles. The predicted molar refractivity (Wildman–Crippen MR) is 100 cm³/mol. The Balaban J connectivity index is 1.93. The van der Waals surface area contributed by atoms with Crippen molar-refractivity contribution in [1.82, 2.24) is 0 Å². The van der Waals surface area contributed by atoms with Crippen LogP contribution in [0.2, 0.25) is 5.02 Å². The Kier molecular flexibility index (Phi) is 4.60. The topological polar surface area (TPSA) is 95.2 Å². The summed E-state index contributed by atoms with van der Waals surface area (Å²) in [6.45, 7) is 0.0174. The number of ether oxygens (including phenoxy) is 3. The first kappa shape index (κ1) is 18.2. The van der Waals surface area contributed by atoms with E-state index in [0.29, 0.717) is 22.4 Å². The van der Waals surface area contributed by atoms with Crippen LogP contribution in [0.25, 0.3) is 11.0 Å². The van der Waals surface area contributed by atoms with Crippen LogP contribution in [0.5, 0.6) is 17.2 Å². The Morgan fingerprint density at radius 3 is 2.86 bits per heavy atom. The highest BCUT2D eigenvalue weighted by molar-refractivity contribution is 6.32. The summed E-state index contributed by atoms with van der Waals surface area (Å²) in [5.74, 6) is -0.903. The molecule has 0 amide bonds. The first-order chi connectivity index (χ1) is 13.5. The van der Waals surface area contributed by atoms with Gasteiger partial charge in [-0.2, -0.15) is 0 Å². The Morgan fingerprint density at radius 2 is 2.07 bits per heavy atom. The second-order valence-electron chi connectivity index (χ2n) is 6.22. The molecule has 0 unspecified atom stereocenters. The van der Waals surface area contributed by atoms with Gasteiger partial charge in [-0.15, -0.1) is 0 Å². The van der Waals surface area contributed by atoms with Crippen LogP contribution in [0.3, 0.4) is 0 Å². The minimum absolute atomic E-state index is 0.0174. The molecule has 1 aliphatic heterocycles. The van der Waals surface area contributed by atoms with Gasteiger partial charge in [-0.3, -0.25) is 4.79 Å². The number of esters is 1. The molecule has 0 saturated carbocycles. The van der Waals surface area contributed by atoms with Gasteiger partial charge in [0, 0.05) is 5.92 Å². The molecule has 1 atom stereocenters. The average molecular weight is 403 g/mol. The number of carbonyl (C=O) groups excluding carboxylic acids is 1. The van der Waals surface area contributed by atoms with E-state index in [4.69, 9.17) is 30.2 Å². The number of fused-ring (bicyclic) bond motifs is 2. The number of methoxy groups -OCH3 is 1. The van der Waals surface area contributed by atoms with E-state index in [9.17, 15) is 14.7 Å². The van der Waals surface area contributed by atoms with Crippen LogP contribution in [0.4, 0.5) is 0 Å². The molecule has 1 aliphatic rings. The monoisotopic (exact) mass is 402 g/mol. The summed E-state index contributed by atoms with van der Waals surface area (Å²) in [7, 11) is 1.24. The van der Waals surface area contributed by atoms with Crippen LogP contribution in [0.1, 0.15) is 23.5 Å². The Labute approximate surface area is 164 Å². The van der Waals surface area contributed by atoms with E-state index >= 15 is 0 Å². The summed E-state index contributed by atoms with van der Waals surface area (Å²) >= 11 is 6.27. The molecule has 8 heteroatoms. The molecule has 1 aromatic heterocycles. The summed E-state index contributed by atoms with van der Waals surface area (Å²) in [6, 6.07) is 9.78. The zero-order valence-electron chi connectivity index (χ0n) is 14.7. The lowest BCUT2D eigenvalue weighted by Gasteiger charge is -2.18. The van der Waals surface area contributed by atoms with Crippen LogP contribution in [0.15, 0.2) is 45.6 Å². The molecule has 0 saturated heterocycles. The van der Waals surface area contributed by atoms with E-state index in [0.717, 1.165) is 0 Å². The number of benzene rings is 2. The van der Waals surface area contributed by atoms with E-state index < -0.39 is 17.5 Å². The maximum absolute atomic E-state index is 12.7. The highest BCUT2D eigenvalue weighted by Gasteiger charge is 2.30. The average Bonchev–Trinajstić information content (AvgIpc) is 3.16. The number of rotatable bonds is 4. The van der Waals surface area contributed by atoms with E-state index in [1.807, 2.05) is 0 Å². The fraction of sp³-hybridized carbons (Fsp3) is 0.200. The van der Waals surface area contributed by atoms with E-state index in [1.165, 1.54) is 7.11 Å². The molecule has 0 radical (unpaired) electrons. The maximum Gasteiger partial charge on any atom is 0.343 e. The quantitative estimate of drug-likeness (QED) is 0.526. The van der Waals surface area contributed by atoms with Gasteiger partial charge in [0.1, 0.15) is 11.3 Å². The van der Waals surface area contributed by atoms with Crippen LogP contribution in [0, 0.1) is 0 Å². The van der Waals surface area contributed by atoms with Crippen molar-refractivity contribution in [2.45, 2.75) is 12.3 Å². The second kappa shape index (κ2) is 7.09. The van der Waals surface area contributed by atoms with Crippen molar-refractivity contribution < 1.29 is 28.5 Å². The number of hydrogen-bond acceptors (Lipinski definition) is 7. The normalized spacial score (nSPS) is 13.5. The molecule has 0 fully saturated rings. The number of carbonyl (C=O) groups is 1. The summed E-state index contributed by atoms with van der Waals surface area (Å²) in [5.41, 5.74) is -0.0789. The molecular weight excluding hydrogens is 388 g/mol. The second-order valence-corrected chi connectivity index (χ2v) is 6.62. The van der Waals surface area contributed by atoms with Gasteiger partial charge >= 0.3 is 11.6 Å². The van der Waals surface area contributed by atoms with Gasteiger partial charge in [-0.05, 0) is 29.8 Å². The van der Waals surface area contributed by atoms with Gasteiger partial charge in [-0.1, -0.05) is 23.7 Å². The lowest BCUT2D eigenvalue weighted by atomic mass is 9.88. The molecule has 1 N–H and O–H groups in total. The summed E-state index contributed by atoms with van der Waals surface area (Å²) < 4.78 is 20.8. The van der Waals surface area contributed by atoms with E-state index in [2.05, 4.69) is 0 Å². The van der Waals surface area contributed by atoms with Gasteiger partial charge in [0.15, 0.2) is 11.5 Å². The van der Waals surface area contributed by atoms with Gasteiger partial charge in [0.25, 0.3) is 0 Å². The van der Waals surface area contributed by atoms with Crippen LogP contribution < -0.4 is 15.1 Å². The fourth-order valence-corrected chi connectivity index (χ4v) is 3.55. The molecule has 7 nitrogen and oxygen atoms in total. The van der Waals surface area contributed by atoms with Crippen molar-refractivity contribution in [3.8, 4) is 17.2 Å². The molecule has 4 rings (SSSR count). The van der Waals surface area contributed by atoms with Crippen LogP contribution in [-0.2, 0) is 9.53 Å². The largest absolute Gasteiger partial charge is 0.507 e. The molecule has 3 aromatic rings. The minimum Gasteiger partial charge on any atom is -0.507 e. The fourth-order valence-electron chi connectivity index (χ4n) is 3.28. The third-order valence-corrected chi connectivity index (χ3v) is 4.90. The number of para-hydroxylation sites is 1. The summed E-state index contributed by atoms with van der Waals surface area (Å²) in [4.78, 5) is 24.7. The molecule has 2 aromatic carbocycles. The maximum atomic E-state index is 12.7. The summed E-state index contributed by atoms with van der Waals surface area (Å²) in [6.07, 6.45) is -0.205.